The van der Waals surface area contributed by atoms with E-state index in [-0.39, 0.29) is 7.43 Å². The lowest BCUT2D eigenvalue weighted by molar-refractivity contribution is 1.61. The highest BCUT2D eigenvalue weighted by Gasteiger charge is 1.94. The van der Waals surface area contributed by atoms with Crippen molar-refractivity contribution in [3.05, 3.63) is 54.6 Å². The molecule has 0 aliphatic rings. The van der Waals surface area contributed by atoms with Crippen LogP contribution in [0.3, 0.4) is 0 Å². The van der Waals surface area contributed by atoms with Crippen molar-refractivity contribution in [2.24, 2.45) is 0 Å². The minimum absolute atomic E-state index is 0. The highest BCUT2D eigenvalue weighted by Crippen LogP contribution is 2.19. The van der Waals surface area contributed by atoms with Gasteiger partial charge in [-0.3, -0.25) is 0 Å². The van der Waals surface area contributed by atoms with E-state index in [9.17, 15) is 0 Å². The van der Waals surface area contributed by atoms with E-state index in [1.165, 1.54) is 11.1 Å². The van der Waals surface area contributed by atoms with Gasteiger partial charge >= 0.3 is 0 Å². The van der Waals surface area contributed by atoms with Crippen LogP contribution in [0.5, 0.6) is 0 Å². The molecule has 0 radical (unpaired) electrons. The summed E-state index contributed by atoms with van der Waals surface area (Å²) in [5.41, 5.74) is 8.84. The lowest BCUT2D eigenvalue weighted by atomic mass is 10.1. The van der Waals surface area contributed by atoms with Crippen molar-refractivity contribution in [3.8, 4) is 11.1 Å². The van der Waals surface area contributed by atoms with Crippen LogP contribution in [0, 0.1) is 0 Å². The van der Waals surface area contributed by atoms with Gasteiger partial charge in [-0.05, 0) is 23.3 Å². The minimum atomic E-state index is 0. The largest absolute Gasteiger partial charge is 0.399 e. The second-order valence-corrected chi connectivity index (χ2v) is 2.99. The number of anilines is 1. The van der Waals surface area contributed by atoms with E-state index in [2.05, 4.69) is 12.1 Å². The first kappa shape index (κ1) is 10.3. The molecule has 2 aromatic rings. The Morgan fingerprint density at radius 3 is 1.71 bits per heavy atom. The van der Waals surface area contributed by atoms with Crippen molar-refractivity contribution in [2.75, 3.05) is 5.73 Å². The van der Waals surface area contributed by atoms with Crippen LogP contribution in [0.4, 0.5) is 5.69 Å². The molecule has 0 aliphatic carbocycles. The van der Waals surface area contributed by atoms with Crippen LogP contribution >= 0.6 is 0 Å². The Morgan fingerprint density at radius 1 is 0.643 bits per heavy atom. The first-order valence-corrected chi connectivity index (χ1v) is 4.27. The van der Waals surface area contributed by atoms with Crippen LogP contribution in [0.2, 0.25) is 0 Å². The molecular weight excluding hydrogens is 170 g/mol. The molecule has 0 heterocycles. The zero-order valence-corrected chi connectivity index (χ0v) is 7.27. The molecule has 0 bridgehead atoms. The van der Waals surface area contributed by atoms with Gasteiger partial charge in [0, 0.05) is 5.69 Å². The van der Waals surface area contributed by atoms with E-state index in [0.717, 1.165) is 5.69 Å². The minimum Gasteiger partial charge on any atom is -0.399 e. The maximum absolute atomic E-state index is 5.60. The van der Waals surface area contributed by atoms with E-state index in [0.29, 0.717) is 0 Å². The fourth-order valence-electron chi connectivity index (χ4n) is 1.31. The molecule has 0 atom stereocenters. The summed E-state index contributed by atoms with van der Waals surface area (Å²) in [5, 5.41) is 0. The molecule has 0 saturated carbocycles. The lowest BCUT2D eigenvalue weighted by Gasteiger charge is -2.00. The molecule has 1 nitrogen and oxygen atoms in total. The Hall–Kier alpha value is -1.76. The van der Waals surface area contributed by atoms with Gasteiger partial charge in [-0.2, -0.15) is 0 Å². The van der Waals surface area contributed by atoms with Crippen LogP contribution in [-0.4, -0.2) is 0 Å². The number of hydrogen-bond acceptors (Lipinski definition) is 1. The summed E-state index contributed by atoms with van der Waals surface area (Å²) in [6, 6.07) is 18.2. The third-order valence-corrected chi connectivity index (χ3v) is 2.02. The predicted octanol–water partition coefficient (Wildman–Crippen LogP) is 3.57. The third-order valence-electron chi connectivity index (χ3n) is 2.02. The quantitative estimate of drug-likeness (QED) is 0.675. The Labute approximate surface area is 85.2 Å². The number of hydrogen-bond donors (Lipinski definition) is 1. The lowest BCUT2D eigenvalue weighted by Crippen LogP contribution is -1.83. The van der Waals surface area contributed by atoms with E-state index in [4.69, 9.17) is 5.73 Å². The van der Waals surface area contributed by atoms with Gasteiger partial charge in [-0.1, -0.05) is 49.9 Å². The van der Waals surface area contributed by atoms with Gasteiger partial charge in [0.2, 0.25) is 0 Å². The topological polar surface area (TPSA) is 26.0 Å². The molecule has 0 unspecified atom stereocenters. The average Bonchev–Trinajstić information content (AvgIpc) is 2.20. The molecule has 0 aliphatic heterocycles. The van der Waals surface area contributed by atoms with Crippen LogP contribution in [-0.2, 0) is 0 Å². The Morgan fingerprint density at radius 2 is 1.14 bits per heavy atom. The average molecular weight is 185 g/mol. The summed E-state index contributed by atoms with van der Waals surface area (Å²) >= 11 is 0. The first-order valence-electron chi connectivity index (χ1n) is 4.27. The number of nitrogens with two attached hydrogens (primary N) is 1. The smallest absolute Gasteiger partial charge is 0.0314 e. The first-order chi connectivity index (χ1) is 6.36. The third kappa shape index (κ3) is 2.13. The Bertz CT molecular complexity index is 376. The van der Waals surface area contributed by atoms with E-state index in [1.807, 2.05) is 42.5 Å². The fraction of sp³-hybridized carbons (Fsp3) is 0.0769. The summed E-state index contributed by atoms with van der Waals surface area (Å²) in [4.78, 5) is 0. The number of benzene rings is 2. The number of rotatable bonds is 1. The van der Waals surface area contributed by atoms with Crippen LogP contribution in [0.15, 0.2) is 54.6 Å². The Balaban J connectivity index is 0.000000980. The van der Waals surface area contributed by atoms with Crippen LogP contribution < -0.4 is 5.73 Å². The van der Waals surface area contributed by atoms with Gasteiger partial charge in [-0.25, -0.2) is 0 Å². The maximum Gasteiger partial charge on any atom is 0.0314 e. The van der Waals surface area contributed by atoms with Crippen molar-refractivity contribution in [2.45, 2.75) is 7.43 Å². The summed E-state index contributed by atoms with van der Waals surface area (Å²) in [6.07, 6.45) is 0. The molecule has 1 heteroatoms. The van der Waals surface area contributed by atoms with E-state index < -0.39 is 0 Å². The molecule has 0 saturated heterocycles. The molecule has 2 aromatic carbocycles. The van der Waals surface area contributed by atoms with Crippen molar-refractivity contribution in [3.63, 3.8) is 0 Å². The zero-order chi connectivity index (χ0) is 9.10. The van der Waals surface area contributed by atoms with Crippen molar-refractivity contribution in [1.29, 1.82) is 0 Å². The number of nitrogen functional groups attached to an aromatic ring is 1. The molecule has 0 fully saturated rings. The van der Waals surface area contributed by atoms with Gasteiger partial charge in [0.1, 0.15) is 0 Å². The molecule has 14 heavy (non-hydrogen) atoms. The molecule has 2 N–H and O–H groups in total. The summed E-state index contributed by atoms with van der Waals surface area (Å²) in [5.74, 6) is 0. The van der Waals surface area contributed by atoms with Gasteiger partial charge in [-0.15, -0.1) is 0 Å². The summed E-state index contributed by atoms with van der Waals surface area (Å²) in [6.45, 7) is 0. The highest BCUT2D eigenvalue weighted by atomic mass is 14.5. The summed E-state index contributed by atoms with van der Waals surface area (Å²) in [7, 11) is 0. The Kier molecular flexibility index (Phi) is 3.29. The maximum atomic E-state index is 5.60. The standard InChI is InChI=1S/C12H11N.CH4/c13-12-8-6-11(7-9-12)10-4-2-1-3-5-10;/h1-9H,13H2;1H4. The summed E-state index contributed by atoms with van der Waals surface area (Å²) < 4.78 is 0. The monoisotopic (exact) mass is 185 g/mol. The van der Waals surface area contributed by atoms with E-state index in [1.54, 1.807) is 0 Å². The van der Waals surface area contributed by atoms with Gasteiger partial charge in [0.05, 0.1) is 0 Å². The highest BCUT2D eigenvalue weighted by molar-refractivity contribution is 5.65. The molecule has 0 aromatic heterocycles. The second kappa shape index (κ2) is 4.47. The molecule has 0 spiro atoms. The molecule has 0 amide bonds. The van der Waals surface area contributed by atoms with Crippen molar-refractivity contribution < 1.29 is 0 Å². The van der Waals surface area contributed by atoms with Crippen molar-refractivity contribution >= 4 is 5.69 Å². The normalized spacial score (nSPS) is 9.14. The van der Waals surface area contributed by atoms with Crippen LogP contribution in [0.1, 0.15) is 7.43 Å². The van der Waals surface area contributed by atoms with Gasteiger partial charge in [0.25, 0.3) is 0 Å². The zero-order valence-electron chi connectivity index (χ0n) is 7.27. The molecular formula is C13H15N. The molecule has 72 valence electrons. The predicted molar refractivity (Wildman–Crippen MR) is 63.0 cm³/mol. The molecule has 2 rings (SSSR count). The fourth-order valence-corrected chi connectivity index (χ4v) is 1.31. The van der Waals surface area contributed by atoms with Gasteiger partial charge < -0.3 is 5.73 Å². The van der Waals surface area contributed by atoms with Crippen LogP contribution in [0.25, 0.3) is 11.1 Å². The SMILES string of the molecule is C.Nc1ccc(-c2ccccc2)cc1. The second-order valence-electron chi connectivity index (χ2n) is 2.99. The van der Waals surface area contributed by atoms with Crippen molar-refractivity contribution in [1.82, 2.24) is 0 Å². The van der Waals surface area contributed by atoms with E-state index >= 15 is 0 Å². The van der Waals surface area contributed by atoms with Gasteiger partial charge in [0.15, 0.2) is 0 Å².